The number of piperidine rings is 1. The Morgan fingerprint density at radius 3 is 2.86 bits per heavy atom. The molecule has 1 atom stereocenters. The van der Waals surface area contributed by atoms with Crippen LogP contribution in [0.5, 0.6) is 0 Å². The maximum atomic E-state index is 12.7. The Balaban J connectivity index is 1.65. The zero-order valence-electron chi connectivity index (χ0n) is 12.5. The summed E-state index contributed by atoms with van der Waals surface area (Å²) >= 11 is 0. The third kappa shape index (κ3) is 3.46. The van der Waals surface area contributed by atoms with Gasteiger partial charge in [0.2, 0.25) is 10.0 Å². The summed E-state index contributed by atoms with van der Waals surface area (Å²) in [4.78, 5) is 0.322. The molecule has 0 amide bonds. The van der Waals surface area contributed by atoms with Gasteiger partial charge in [-0.05, 0) is 32.6 Å². The maximum Gasteiger partial charge on any atom is 0.246 e. The molecule has 0 radical (unpaired) electrons. The Bertz CT molecular complexity index is 580. The van der Waals surface area contributed by atoms with Crippen molar-refractivity contribution >= 4 is 10.0 Å². The summed E-state index contributed by atoms with van der Waals surface area (Å²) in [6.45, 7) is 4.16. The smallest absolute Gasteiger partial charge is 0.246 e. The molecule has 7 heteroatoms. The molecule has 1 unspecified atom stereocenters. The lowest BCUT2D eigenvalue weighted by Gasteiger charge is -2.31. The van der Waals surface area contributed by atoms with Gasteiger partial charge in [-0.3, -0.25) is 4.68 Å². The van der Waals surface area contributed by atoms with E-state index < -0.39 is 10.0 Å². The molecule has 2 heterocycles. The van der Waals surface area contributed by atoms with Crippen molar-refractivity contribution in [1.29, 1.82) is 0 Å². The second-order valence-electron chi connectivity index (χ2n) is 6.13. The van der Waals surface area contributed by atoms with E-state index in [2.05, 4.69) is 10.4 Å². The molecule has 0 spiro atoms. The van der Waals surface area contributed by atoms with Gasteiger partial charge >= 0.3 is 0 Å². The standard InChI is InChI=1S/C14H24N4O2S/c1-12-4-2-3-8-18(12)21(19,20)14-10-16-17(11-14)9-7-15-13-5-6-13/h10-13,15H,2-9H2,1H3. The first-order chi connectivity index (χ1) is 10.1. The van der Waals surface area contributed by atoms with Gasteiger partial charge in [0.05, 0.1) is 12.7 Å². The van der Waals surface area contributed by atoms with Crippen molar-refractivity contribution in [2.45, 2.75) is 62.6 Å². The van der Waals surface area contributed by atoms with Crippen LogP contribution in [-0.2, 0) is 16.6 Å². The quantitative estimate of drug-likeness (QED) is 0.857. The highest BCUT2D eigenvalue weighted by Crippen LogP contribution is 2.24. The van der Waals surface area contributed by atoms with Crippen LogP contribution in [-0.4, -0.2) is 47.7 Å². The zero-order chi connectivity index (χ0) is 14.9. The minimum Gasteiger partial charge on any atom is -0.312 e. The summed E-state index contributed by atoms with van der Waals surface area (Å²) in [5.74, 6) is 0. The van der Waals surface area contributed by atoms with Gasteiger partial charge in [-0.2, -0.15) is 9.40 Å². The molecule has 1 aromatic heterocycles. The van der Waals surface area contributed by atoms with E-state index in [0.717, 1.165) is 25.8 Å². The van der Waals surface area contributed by atoms with Crippen LogP contribution in [0, 0.1) is 0 Å². The van der Waals surface area contributed by atoms with E-state index in [9.17, 15) is 8.42 Å². The van der Waals surface area contributed by atoms with E-state index in [0.29, 0.717) is 24.0 Å². The number of rotatable bonds is 6. The number of hydrogen-bond acceptors (Lipinski definition) is 4. The Morgan fingerprint density at radius 1 is 1.33 bits per heavy atom. The van der Waals surface area contributed by atoms with Crippen LogP contribution in [0.2, 0.25) is 0 Å². The van der Waals surface area contributed by atoms with Crippen LogP contribution in [0.4, 0.5) is 0 Å². The summed E-state index contributed by atoms with van der Waals surface area (Å²) in [6, 6.07) is 0.751. The summed E-state index contributed by atoms with van der Waals surface area (Å²) in [5.41, 5.74) is 0. The highest BCUT2D eigenvalue weighted by atomic mass is 32.2. The van der Waals surface area contributed by atoms with Crippen LogP contribution in [0.15, 0.2) is 17.3 Å². The van der Waals surface area contributed by atoms with Crippen molar-refractivity contribution in [1.82, 2.24) is 19.4 Å². The minimum atomic E-state index is -3.39. The van der Waals surface area contributed by atoms with Gasteiger partial charge < -0.3 is 5.32 Å². The molecule has 0 aromatic carbocycles. The van der Waals surface area contributed by atoms with E-state index in [1.54, 1.807) is 15.2 Å². The number of nitrogens with zero attached hydrogens (tertiary/aromatic N) is 3. The largest absolute Gasteiger partial charge is 0.312 e. The van der Waals surface area contributed by atoms with E-state index in [1.165, 1.54) is 19.0 Å². The molecule has 21 heavy (non-hydrogen) atoms. The molecular formula is C14H24N4O2S. The normalized spacial score (nSPS) is 24.3. The third-order valence-electron chi connectivity index (χ3n) is 4.31. The monoisotopic (exact) mass is 312 g/mol. The summed E-state index contributed by atoms with van der Waals surface area (Å²) in [7, 11) is -3.39. The first-order valence-corrected chi connectivity index (χ1v) is 9.29. The van der Waals surface area contributed by atoms with Gasteiger partial charge in [-0.1, -0.05) is 6.42 Å². The van der Waals surface area contributed by atoms with Crippen LogP contribution in [0.3, 0.4) is 0 Å². The van der Waals surface area contributed by atoms with Crippen molar-refractivity contribution in [3.8, 4) is 0 Å². The zero-order valence-corrected chi connectivity index (χ0v) is 13.3. The molecule has 6 nitrogen and oxygen atoms in total. The highest BCUT2D eigenvalue weighted by molar-refractivity contribution is 7.89. The van der Waals surface area contributed by atoms with E-state index in [1.807, 2.05) is 6.92 Å². The Morgan fingerprint density at radius 2 is 2.14 bits per heavy atom. The van der Waals surface area contributed by atoms with E-state index >= 15 is 0 Å². The summed E-state index contributed by atoms with van der Waals surface area (Å²) in [5, 5.41) is 7.59. The Labute approximate surface area is 126 Å². The minimum absolute atomic E-state index is 0.0867. The molecule has 2 fully saturated rings. The molecule has 1 aromatic rings. The molecule has 1 N–H and O–H groups in total. The summed E-state index contributed by atoms with van der Waals surface area (Å²) < 4.78 is 28.7. The molecule has 2 aliphatic rings. The molecule has 0 bridgehead atoms. The van der Waals surface area contributed by atoms with E-state index in [4.69, 9.17) is 0 Å². The predicted octanol–water partition coefficient (Wildman–Crippen LogP) is 1.20. The van der Waals surface area contributed by atoms with Gasteiger partial charge in [-0.25, -0.2) is 8.42 Å². The second kappa shape index (κ2) is 6.06. The first-order valence-electron chi connectivity index (χ1n) is 7.85. The van der Waals surface area contributed by atoms with E-state index in [-0.39, 0.29) is 6.04 Å². The maximum absolute atomic E-state index is 12.7. The highest BCUT2D eigenvalue weighted by Gasteiger charge is 2.31. The van der Waals surface area contributed by atoms with Gasteiger partial charge in [-0.15, -0.1) is 0 Å². The van der Waals surface area contributed by atoms with Crippen molar-refractivity contribution in [2.24, 2.45) is 0 Å². The molecule has 118 valence electrons. The third-order valence-corrected chi connectivity index (χ3v) is 6.28. The number of nitrogens with one attached hydrogen (secondary N) is 1. The lowest BCUT2D eigenvalue weighted by Crippen LogP contribution is -2.41. The van der Waals surface area contributed by atoms with Crippen molar-refractivity contribution < 1.29 is 8.42 Å². The lowest BCUT2D eigenvalue weighted by atomic mass is 10.1. The molecular weight excluding hydrogens is 288 g/mol. The van der Waals surface area contributed by atoms with Crippen molar-refractivity contribution in [3.05, 3.63) is 12.4 Å². The average molecular weight is 312 g/mol. The average Bonchev–Trinajstić information content (AvgIpc) is 3.14. The molecule has 1 aliphatic carbocycles. The van der Waals surface area contributed by atoms with Gasteiger partial charge in [0.15, 0.2) is 0 Å². The lowest BCUT2D eigenvalue weighted by molar-refractivity contribution is 0.268. The first kappa shape index (κ1) is 15.0. The van der Waals surface area contributed by atoms with Crippen molar-refractivity contribution in [2.75, 3.05) is 13.1 Å². The molecule has 1 saturated heterocycles. The van der Waals surface area contributed by atoms with Crippen LogP contribution >= 0.6 is 0 Å². The number of aromatic nitrogens is 2. The SMILES string of the molecule is CC1CCCCN1S(=O)(=O)c1cnn(CCNC2CC2)c1. The topological polar surface area (TPSA) is 67.2 Å². The fourth-order valence-corrected chi connectivity index (χ4v) is 4.49. The molecule has 3 rings (SSSR count). The molecule has 1 aliphatic heterocycles. The van der Waals surface area contributed by atoms with Crippen LogP contribution < -0.4 is 5.32 Å². The van der Waals surface area contributed by atoms with Crippen LogP contribution in [0.25, 0.3) is 0 Å². The van der Waals surface area contributed by atoms with Crippen LogP contribution in [0.1, 0.15) is 39.0 Å². The number of sulfonamides is 1. The summed E-state index contributed by atoms with van der Waals surface area (Å²) in [6.07, 6.45) is 8.65. The Hall–Kier alpha value is -0.920. The van der Waals surface area contributed by atoms with Gasteiger partial charge in [0, 0.05) is 31.4 Å². The fraction of sp³-hybridized carbons (Fsp3) is 0.786. The van der Waals surface area contributed by atoms with Gasteiger partial charge in [0.1, 0.15) is 4.90 Å². The Kier molecular flexibility index (Phi) is 4.33. The second-order valence-corrected chi connectivity index (χ2v) is 8.02. The number of hydrogen-bond donors (Lipinski definition) is 1. The fourth-order valence-electron chi connectivity index (χ4n) is 2.84. The van der Waals surface area contributed by atoms with Gasteiger partial charge in [0.25, 0.3) is 0 Å². The van der Waals surface area contributed by atoms with Crippen molar-refractivity contribution in [3.63, 3.8) is 0 Å². The molecule has 1 saturated carbocycles. The predicted molar refractivity (Wildman–Crippen MR) is 80.5 cm³/mol.